The first-order valence-corrected chi connectivity index (χ1v) is 23.8. The number of aliphatic hydroxyl groups excluding tert-OH is 1. The lowest BCUT2D eigenvalue weighted by Crippen LogP contribution is -2.29. The highest BCUT2D eigenvalue weighted by Crippen LogP contribution is 2.18. The van der Waals surface area contributed by atoms with Gasteiger partial charge in [0.2, 0.25) is 0 Å². The summed E-state index contributed by atoms with van der Waals surface area (Å²) in [5.74, 6) is -0.0955. The third kappa shape index (κ3) is 40.5. The smallest absolute Gasteiger partial charge is 0.306 e. The summed E-state index contributed by atoms with van der Waals surface area (Å²) in [6.45, 7) is 11.4. The molecule has 0 aromatic rings. The summed E-state index contributed by atoms with van der Waals surface area (Å²) in [6, 6.07) is 0. The van der Waals surface area contributed by atoms with Crippen LogP contribution in [0.1, 0.15) is 239 Å². The number of hydrogen-bond donors (Lipinski definition) is 1. The first-order chi connectivity index (χ1) is 26.6. The van der Waals surface area contributed by atoms with Gasteiger partial charge in [-0.2, -0.15) is 0 Å². The SMILES string of the molecule is CCCCCCCCCCOCCOC(=O)CCCCCCCN(CCO)CCCCCCCC(=O)OC(CCCCCCCC)CCCCCCCC. The van der Waals surface area contributed by atoms with Gasteiger partial charge in [0.15, 0.2) is 0 Å². The summed E-state index contributed by atoms with van der Waals surface area (Å²) < 4.78 is 17.0. The van der Waals surface area contributed by atoms with Crippen LogP contribution in [0.3, 0.4) is 0 Å². The zero-order chi connectivity index (χ0) is 39.4. The number of carbonyl (C=O) groups excluding carboxylic acids is 2. The molecule has 0 spiro atoms. The van der Waals surface area contributed by atoms with Gasteiger partial charge in [-0.1, -0.05) is 168 Å². The minimum absolute atomic E-state index is 0.0101. The molecule has 0 saturated heterocycles. The summed E-state index contributed by atoms with van der Waals surface area (Å²) in [7, 11) is 0. The summed E-state index contributed by atoms with van der Waals surface area (Å²) in [5, 5.41) is 9.56. The number of rotatable bonds is 45. The molecule has 0 heterocycles. The Labute approximate surface area is 336 Å². The second kappa shape index (κ2) is 44.5. The van der Waals surface area contributed by atoms with Gasteiger partial charge in [0.05, 0.1) is 13.2 Å². The zero-order valence-corrected chi connectivity index (χ0v) is 36.5. The van der Waals surface area contributed by atoms with Crippen LogP contribution in [0.4, 0.5) is 0 Å². The summed E-state index contributed by atoms with van der Waals surface area (Å²) in [6.07, 6.45) is 39.7. The molecule has 7 nitrogen and oxygen atoms in total. The van der Waals surface area contributed by atoms with Crippen molar-refractivity contribution in [2.45, 2.75) is 245 Å². The Bertz CT molecular complexity index is 749. The molecule has 0 aliphatic rings. The Balaban J connectivity index is 3.87. The lowest BCUT2D eigenvalue weighted by molar-refractivity contribution is -0.150. The van der Waals surface area contributed by atoms with Gasteiger partial charge in [-0.05, 0) is 70.9 Å². The van der Waals surface area contributed by atoms with Crippen LogP contribution >= 0.6 is 0 Å². The summed E-state index contributed by atoms with van der Waals surface area (Å²) in [5.41, 5.74) is 0. The monoisotopic (exact) mass is 768 g/mol. The van der Waals surface area contributed by atoms with E-state index in [-0.39, 0.29) is 24.6 Å². The average Bonchev–Trinajstić information content (AvgIpc) is 3.16. The van der Waals surface area contributed by atoms with E-state index in [0.717, 1.165) is 110 Å². The largest absolute Gasteiger partial charge is 0.463 e. The maximum Gasteiger partial charge on any atom is 0.306 e. The van der Waals surface area contributed by atoms with Crippen molar-refractivity contribution in [1.82, 2.24) is 4.90 Å². The molecule has 7 heteroatoms. The number of unbranched alkanes of at least 4 members (excludes halogenated alkanes) is 25. The average molecular weight is 768 g/mol. The lowest BCUT2D eigenvalue weighted by atomic mass is 10.0. The van der Waals surface area contributed by atoms with E-state index < -0.39 is 0 Å². The van der Waals surface area contributed by atoms with E-state index in [2.05, 4.69) is 25.7 Å². The molecule has 0 aliphatic heterocycles. The van der Waals surface area contributed by atoms with E-state index in [4.69, 9.17) is 14.2 Å². The highest BCUT2D eigenvalue weighted by atomic mass is 16.6. The van der Waals surface area contributed by atoms with Gasteiger partial charge in [0.25, 0.3) is 0 Å². The quantitative estimate of drug-likeness (QED) is 0.0488. The normalized spacial score (nSPS) is 11.6. The predicted molar refractivity (Wildman–Crippen MR) is 229 cm³/mol. The molecule has 0 aromatic heterocycles. The zero-order valence-electron chi connectivity index (χ0n) is 36.5. The molecule has 322 valence electrons. The van der Waals surface area contributed by atoms with Crippen LogP contribution in [0.25, 0.3) is 0 Å². The molecule has 0 saturated carbocycles. The molecule has 54 heavy (non-hydrogen) atoms. The van der Waals surface area contributed by atoms with Gasteiger partial charge in [-0.15, -0.1) is 0 Å². The molecule has 0 aliphatic carbocycles. The molecule has 0 fully saturated rings. The van der Waals surface area contributed by atoms with Crippen LogP contribution in [0.5, 0.6) is 0 Å². The Morgan fingerprint density at radius 3 is 1.33 bits per heavy atom. The number of ether oxygens (including phenoxy) is 3. The van der Waals surface area contributed by atoms with E-state index in [0.29, 0.717) is 26.1 Å². The molecule has 0 amide bonds. The highest BCUT2D eigenvalue weighted by molar-refractivity contribution is 5.69. The van der Waals surface area contributed by atoms with Crippen molar-refractivity contribution in [3.63, 3.8) is 0 Å². The van der Waals surface area contributed by atoms with Crippen molar-refractivity contribution in [2.75, 3.05) is 46.1 Å². The number of aliphatic hydroxyl groups is 1. The Morgan fingerprint density at radius 1 is 0.444 bits per heavy atom. The van der Waals surface area contributed by atoms with Gasteiger partial charge < -0.3 is 24.2 Å². The van der Waals surface area contributed by atoms with Gasteiger partial charge in [-0.3, -0.25) is 9.59 Å². The third-order valence-corrected chi connectivity index (χ3v) is 10.8. The topological polar surface area (TPSA) is 85.3 Å². The van der Waals surface area contributed by atoms with Gasteiger partial charge in [-0.25, -0.2) is 0 Å². The molecule has 1 N–H and O–H groups in total. The third-order valence-electron chi connectivity index (χ3n) is 10.8. The van der Waals surface area contributed by atoms with Crippen LogP contribution < -0.4 is 0 Å². The van der Waals surface area contributed by atoms with Crippen LogP contribution in [0.15, 0.2) is 0 Å². The minimum atomic E-state index is -0.106. The highest BCUT2D eigenvalue weighted by Gasteiger charge is 2.14. The maximum absolute atomic E-state index is 12.7. The first-order valence-electron chi connectivity index (χ1n) is 23.8. The fourth-order valence-electron chi connectivity index (χ4n) is 7.29. The molecule has 0 atom stereocenters. The molecule has 0 unspecified atom stereocenters. The predicted octanol–water partition coefficient (Wildman–Crippen LogP) is 13.1. The van der Waals surface area contributed by atoms with Crippen molar-refractivity contribution in [2.24, 2.45) is 0 Å². The molecular weight excluding hydrogens is 675 g/mol. The number of hydrogen-bond acceptors (Lipinski definition) is 7. The number of carbonyl (C=O) groups is 2. The standard InChI is InChI=1S/C47H93NO6/c1-4-7-10-13-16-17-26-33-42-52-43-44-53-46(50)36-29-22-18-24-31-38-48(40-41-49)39-32-25-19-23-30-37-47(51)54-45(34-27-20-14-11-8-5-2)35-28-21-15-12-9-6-3/h45,49H,4-44H2,1-3H3. The minimum Gasteiger partial charge on any atom is -0.463 e. The van der Waals surface area contributed by atoms with Gasteiger partial charge in [0.1, 0.15) is 12.7 Å². The molecule has 0 radical (unpaired) electrons. The lowest BCUT2D eigenvalue weighted by Gasteiger charge is -2.21. The van der Waals surface area contributed by atoms with Crippen LogP contribution in [0, 0.1) is 0 Å². The maximum atomic E-state index is 12.7. The Morgan fingerprint density at radius 2 is 0.852 bits per heavy atom. The van der Waals surface area contributed by atoms with E-state index in [9.17, 15) is 14.7 Å². The van der Waals surface area contributed by atoms with E-state index in [1.54, 1.807) is 0 Å². The van der Waals surface area contributed by atoms with Crippen molar-refractivity contribution in [1.29, 1.82) is 0 Å². The molecule has 0 rings (SSSR count). The fraction of sp³-hybridized carbons (Fsp3) is 0.957. The van der Waals surface area contributed by atoms with Crippen molar-refractivity contribution in [3.8, 4) is 0 Å². The molecule has 0 bridgehead atoms. The van der Waals surface area contributed by atoms with Gasteiger partial charge >= 0.3 is 11.9 Å². The Kier molecular flexibility index (Phi) is 43.6. The van der Waals surface area contributed by atoms with Crippen LogP contribution in [0.2, 0.25) is 0 Å². The molecular formula is C47H93NO6. The summed E-state index contributed by atoms with van der Waals surface area (Å²) in [4.78, 5) is 27.1. The number of nitrogens with zero attached hydrogens (tertiary/aromatic N) is 1. The van der Waals surface area contributed by atoms with Crippen LogP contribution in [-0.4, -0.2) is 74.1 Å². The molecule has 0 aromatic carbocycles. The van der Waals surface area contributed by atoms with E-state index in [1.807, 2.05) is 0 Å². The van der Waals surface area contributed by atoms with E-state index >= 15 is 0 Å². The van der Waals surface area contributed by atoms with Crippen molar-refractivity contribution in [3.05, 3.63) is 0 Å². The number of esters is 2. The van der Waals surface area contributed by atoms with Crippen molar-refractivity contribution >= 4 is 11.9 Å². The second-order valence-electron chi connectivity index (χ2n) is 16.1. The summed E-state index contributed by atoms with van der Waals surface area (Å²) >= 11 is 0. The van der Waals surface area contributed by atoms with Gasteiger partial charge in [0, 0.05) is 26.0 Å². The first kappa shape index (κ1) is 52.8. The fourth-order valence-corrected chi connectivity index (χ4v) is 7.29. The van der Waals surface area contributed by atoms with E-state index in [1.165, 1.54) is 122 Å². The second-order valence-corrected chi connectivity index (χ2v) is 16.1. The van der Waals surface area contributed by atoms with Crippen molar-refractivity contribution < 1.29 is 28.9 Å². The van der Waals surface area contributed by atoms with Crippen LogP contribution in [-0.2, 0) is 23.8 Å². The Hall–Kier alpha value is -1.18.